The summed E-state index contributed by atoms with van der Waals surface area (Å²) in [5.41, 5.74) is 4.58. The fourth-order valence-electron chi connectivity index (χ4n) is 4.01. The molecule has 2 heterocycles. The Morgan fingerprint density at radius 1 is 0.778 bits per heavy atom. The van der Waals surface area contributed by atoms with Crippen LogP contribution >= 0.6 is 11.8 Å². The first-order valence-electron chi connectivity index (χ1n) is 11.7. The van der Waals surface area contributed by atoms with Crippen molar-refractivity contribution in [1.29, 1.82) is 0 Å². The van der Waals surface area contributed by atoms with Crippen LogP contribution in [-0.4, -0.2) is 29.2 Å². The lowest BCUT2D eigenvalue weighted by Gasteiger charge is -2.18. The molecule has 0 fully saturated rings. The van der Waals surface area contributed by atoms with E-state index in [1.807, 2.05) is 102 Å². The highest BCUT2D eigenvalue weighted by molar-refractivity contribution is 7.99. The number of ether oxygens (including phenoxy) is 2. The van der Waals surface area contributed by atoms with Crippen molar-refractivity contribution < 1.29 is 9.47 Å². The topological polar surface area (TPSA) is 48.6 Å². The van der Waals surface area contributed by atoms with Gasteiger partial charge in [-0.2, -0.15) is 5.10 Å². The molecule has 1 aromatic heterocycles. The molecule has 0 amide bonds. The summed E-state index contributed by atoms with van der Waals surface area (Å²) in [5.74, 6) is 1.50. The van der Waals surface area contributed by atoms with Gasteiger partial charge in [-0.25, -0.2) is 4.68 Å². The predicted molar refractivity (Wildman–Crippen MR) is 144 cm³/mol. The van der Waals surface area contributed by atoms with Gasteiger partial charge in [0.05, 0.1) is 11.4 Å². The Kier molecular flexibility index (Phi) is 6.25. The van der Waals surface area contributed by atoms with Crippen molar-refractivity contribution >= 4 is 23.7 Å². The SMILES string of the molecule is C(=Nc1ccccc1Sc1ccccc1)c1cn(-c2ccccc2)nc1-c1ccc2c(c1)OCCO2. The van der Waals surface area contributed by atoms with Crippen LogP contribution in [0.3, 0.4) is 0 Å². The Morgan fingerprint density at radius 3 is 2.33 bits per heavy atom. The number of aromatic nitrogens is 2. The van der Waals surface area contributed by atoms with Gasteiger partial charge in [0.2, 0.25) is 0 Å². The average molecular weight is 490 g/mol. The first-order chi connectivity index (χ1) is 17.8. The Labute approximate surface area is 214 Å². The zero-order valence-corrected chi connectivity index (χ0v) is 20.3. The van der Waals surface area contributed by atoms with E-state index in [2.05, 4.69) is 18.2 Å². The molecule has 6 heteroatoms. The van der Waals surface area contributed by atoms with Gasteiger partial charge in [0.25, 0.3) is 0 Å². The average Bonchev–Trinajstić information content (AvgIpc) is 3.38. The van der Waals surface area contributed by atoms with Gasteiger partial charge >= 0.3 is 0 Å². The fourth-order valence-corrected chi connectivity index (χ4v) is 4.93. The van der Waals surface area contributed by atoms with Crippen LogP contribution in [0.2, 0.25) is 0 Å². The minimum absolute atomic E-state index is 0.541. The Morgan fingerprint density at radius 2 is 1.50 bits per heavy atom. The lowest BCUT2D eigenvalue weighted by atomic mass is 10.1. The highest BCUT2D eigenvalue weighted by Crippen LogP contribution is 2.37. The van der Waals surface area contributed by atoms with Gasteiger partial charge in [0, 0.05) is 33.3 Å². The number of hydrogen-bond donors (Lipinski definition) is 0. The van der Waals surface area contributed by atoms with Gasteiger partial charge in [0.15, 0.2) is 11.5 Å². The Hall–Kier alpha value is -4.29. The molecule has 176 valence electrons. The number of hydrogen-bond acceptors (Lipinski definition) is 5. The van der Waals surface area contributed by atoms with Crippen molar-refractivity contribution in [2.24, 2.45) is 4.99 Å². The van der Waals surface area contributed by atoms with E-state index in [1.165, 1.54) is 4.90 Å². The summed E-state index contributed by atoms with van der Waals surface area (Å²) in [7, 11) is 0. The molecular weight excluding hydrogens is 466 g/mol. The number of aliphatic imine (C=N–C) groups is 1. The maximum atomic E-state index is 5.82. The molecule has 0 saturated carbocycles. The third-order valence-electron chi connectivity index (χ3n) is 5.76. The largest absolute Gasteiger partial charge is 0.486 e. The molecule has 5 aromatic rings. The fraction of sp³-hybridized carbons (Fsp3) is 0.0667. The number of nitrogens with zero attached hydrogens (tertiary/aromatic N) is 3. The van der Waals surface area contributed by atoms with Crippen molar-refractivity contribution in [1.82, 2.24) is 9.78 Å². The molecule has 0 N–H and O–H groups in total. The molecule has 1 aliphatic rings. The molecule has 0 aliphatic carbocycles. The quantitative estimate of drug-likeness (QED) is 0.236. The molecule has 0 bridgehead atoms. The third kappa shape index (κ3) is 4.76. The van der Waals surface area contributed by atoms with E-state index in [4.69, 9.17) is 19.6 Å². The summed E-state index contributed by atoms with van der Waals surface area (Å²) in [6.07, 6.45) is 3.90. The highest BCUT2D eigenvalue weighted by atomic mass is 32.2. The second kappa shape index (κ2) is 10.1. The molecule has 0 spiro atoms. The molecule has 1 aliphatic heterocycles. The Balaban J connectivity index is 1.39. The second-order valence-corrected chi connectivity index (χ2v) is 9.33. The predicted octanol–water partition coefficient (Wildman–Crippen LogP) is 7.21. The van der Waals surface area contributed by atoms with Crippen molar-refractivity contribution in [2.45, 2.75) is 9.79 Å². The highest BCUT2D eigenvalue weighted by Gasteiger charge is 2.17. The van der Waals surface area contributed by atoms with Crippen LogP contribution in [0, 0.1) is 0 Å². The van der Waals surface area contributed by atoms with Gasteiger partial charge < -0.3 is 9.47 Å². The number of rotatable bonds is 6. The van der Waals surface area contributed by atoms with E-state index >= 15 is 0 Å². The summed E-state index contributed by atoms with van der Waals surface area (Å²) in [5, 5.41) is 4.93. The van der Waals surface area contributed by atoms with Gasteiger partial charge in [-0.3, -0.25) is 4.99 Å². The van der Waals surface area contributed by atoms with Crippen molar-refractivity contribution in [3.05, 3.63) is 115 Å². The number of fused-ring (bicyclic) bond motifs is 1. The first kappa shape index (κ1) is 22.2. The lowest BCUT2D eigenvalue weighted by molar-refractivity contribution is 0.171. The van der Waals surface area contributed by atoms with E-state index in [0.717, 1.165) is 44.6 Å². The van der Waals surface area contributed by atoms with Crippen LogP contribution in [0.25, 0.3) is 16.9 Å². The zero-order chi connectivity index (χ0) is 24.2. The molecule has 6 rings (SSSR count). The van der Waals surface area contributed by atoms with Crippen molar-refractivity contribution in [3.63, 3.8) is 0 Å². The van der Waals surface area contributed by atoms with E-state index < -0.39 is 0 Å². The van der Waals surface area contributed by atoms with Crippen LogP contribution < -0.4 is 9.47 Å². The molecule has 0 saturated heterocycles. The summed E-state index contributed by atoms with van der Waals surface area (Å²) in [4.78, 5) is 7.17. The smallest absolute Gasteiger partial charge is 0.162 e. The molecule has 5 nitrogen and oxygen atoms in total. The third-order valence-corrected chi connectivity index (χ3v) is 6.83. The zero-order valence-electron chi connectivity index (χ0n) is 19.5. The number of para-hydroxylation sites is 2. The van der Waals surface area contributed by atoms with Crippen LogP contribution in [0.1, 0.15) is 5.56 Å². The minimum Gasteiger partial charge on any atom is -0.486 e. The summed E-state index contributed by atoms with van der Waals surface area (Å²) in [6.45, 7) is 1.10. The summed E-state index contributed by atoms with van der Waals surface area (Å²) in [6, 6.07) is 34.5. The normalized spacial score (nSPS) is 12.7. The van der Waals surface area contributed by atoms with Crippen LogP contribution in [0.5, 0.6) is 11.5 Å². The van der Waals surface area contributed by atoms with Gasteiger partial charge in [0.1, 0.15) is 18.9 Å². The van der Waals surface area contributed by atoms with E-state index in [0.29, 0.717) is 13.2 Å². The van der Waals surface area contributed by atoms with Crippen LogP contribution in [0.4, 0.5) is 5.69 Å². The monoisotopic (exact) mass is 489 g/mol. The maximum absolute atomic E-state index is 5.82. The van der Waals surface area contributed by atoms with E-state index in [9.17, 15) is 0 Å². The minimum atomic E-state index is 0.541. The van der Waals surface area contributed by atoms with Crippen molar-refractivity contribution in [3.8, 4) is 28.4 Å². The molecule has 0 unspecified atom stereocenters. The van der Waals surface area contributed by atoms with E-state index in [-0.39, 0.29) is 0 Å². The first-order valence-corrected chi connectivity index (χ1v) is 12.6. The maximum Gasteiger partial charge on any atom is 0.162 e. The summed E-state index contributed by atoms with van der Waals surface area (Å²) < 4.78 is 13.4. The van der Waals surface area contributed by atoms with Gasteiger partial charge in [-0.1, -0.05) is 60.3 Å². The van der Waals surface area contributed by atoms with Gasteiger partial charge in [-0.15, -0.1) is 0 Å². The van der Waals surface area contributed by atoms with E-state index in [1.54, 1.807) is 11.8 Å². The molecule has 36 heavy (non-hydrogen) atoms. The van der Waals surface area contributed by atoms with Crippen LogP contribution in [0.15, 0.2) is 124 Å². The van der Waals surface area contributed by atoms with Crippen molar-refractivity contribution in [2.75, 3.05) is 13.2 Å². The van der Waals surface area contributed by atoms with Crippen LogP contribution in [-0.2, 0) is 0 Å². The molecule has 4 aromatic carbocycles. The molecule has 0 radical (unpaired) electrons. The number of benzene rings is 4. The summed E-state index contributed by atoms with van der Waals surface area (Å²) >= 11 is 1.70. The second-order valence-electron chi connectivity index (χ2n) is 8.21. The van der Waals surface area contributed by atoms with Gasteiger partial charge in [-0.05, 0) is 54.6 Å². The lowest BCUT2D eigenvalue weighted by Crippen LogP contribution is -2.15. The standard InChI is InChI=1S/C30H23N3O2S/c1-3-9-24(10-4-1)33-21-23(30(32-33)22-15-16-27-28(19-22)35-18-17-34-27)20-31-26-13-7-8-14-29(26)36-25-11-5-2-6-12-25/h1-16,19-21H,17-18H2. The Bertz CT molecular complexity index is 1510. The molecular formula is C30H23N3O2S. The molecule has 0 atom stereocenters.